The minimum absolute atomic E-state index is 0.254. The third-order valence-corrected chi connectivity index (χ3v) is 4.13. The van der Waals surface area contributed by atoms with Crippen LogP contribution in [-0.2, 0) is 4.79 Å². The Labute approximate surface area is 145 Å². The molecule has 0 spiro atoms. The van der Waals surface area contributed by atoms with Gasteiger partial charge in [-0.05, 0) is 36.5 Å². The first-order valence-electron chi connectivity index (χ1n) is 7.75. The summed E-state index contributed by atoms with van der Waals surface area (Å²) >= 11 is 5.33. The van der Waals surface area contributed by atoms with E-state index in [1.807, 2.05) is 23.2 Å². The molecule has 0 saturated carbocycles. The monoisotopic (exact) mass is 343 g/mol. The number of carbonyl (C=O) groups excluding carboxylic acids is 1. The summed E-state index contributed by atoms with van der Waals surface area (Å²) in [6, 6.07) is 9.57. The molecule has 2 aromatic heterocycles. The quantitative estimate of drug-likeness (QED) is 0.673. The highest BCUT2D eigenvalue weighted by molar-refractivity contribution is 7.80. The first kappa shape index (κ1) is 16.2. The van der Waals surface area contributed by atoms with E-state index in [0.29, 0.717) is 10.9 Å². The molecule has 0 radical (unpaired) electrons. The lowest BCUT2D eigenvalue weighted by Gasteiger charge is -2.32. The Balaban J connectivity index is 1.47. The van der Waals surface area contributed by atoms with Crippen molar-refractivity contribution in [2.45, 2.75) is 0 Å². The van der Waals surface area contributed by atoms with Crippen LogP contribution in [0, 0.1) is 0 Å². The van der Waals surface area contributed by atoms with E-state index in [9.17, 15) is 4.79 Å². The summed E-state index contributed by atoms with van der Waals surface area (Å²) in [5, 5.41) is 3.19. The van der Waals surface area contributed by atoms with E-state index < -0.39 is 0 Å². The predicted octanol–water partition coefficient (Wildman–Crippen LogP) is 1.33. The van der Waals surface area contributed by atoms with Crippen LogP contribution in [0.25, 0.3) is 6.08 Å². The van der Waals surface area contributed by atoms with Gasteiger partial charge in [0.1, 0.15) is 18.8 Å². The van der Waals surface area contributed by atoms with Crippen molar-refractivity contribution >= 4 is 35.1 Å². The third kappa shape index (κ3) is 4.20. The average Bonchev–Trinajstić information content (AvgIpc) is 3.14. The van der Waals surface area contributed by atoms with E-state index in [4.69, 9.17) is 16.6 Å². The van der Waals surface area contributed by atoms with E-state index in [1.165, 1.54) is 6.08 Å². The van der Waals surface area contributed by atoms with Crippen LogP contribution >= 0.6 is 12.2 Å². The molecular formula is C17H19N4O2S+. The fourth-order valence-electron chi connectivity index (χ4n) is 2.50. The number of nitrogens with one attached hydrogen (secondary N) is 2. The number of amides is 1. The molecule has 0 unspecified atom stereocenters. The number of hydrogen-bond donors (Lipinski definition) is 1. The van der Waals surface area contributed by atoms with Gasteiger partial charge in [-0.1, -0.05) is 6.07 Å². The SMILES string of the molecule is O=C(C=Cc1ccco1)NC(=S)N1CCN(c2cccc[nH+]2)CC1. The van der Waals surface area contributed by atoms with Crippen molar-refractivity contribution in [3.05, 3.63) is 54.6 Å². The Kier molecular flexibility index (Phi) is 5.22. The molecule has 1 saturated heterocycles. The van der Waals surface area contributed by atoms with E-state index in [1.54, 1.807) is 24.5 Å². The van der Waals surface area contributed by atoms with Crippen molar-refractivity contribution in [1.82, 2.24) is 10.2 Å². The zero-order valence-corrected chi connectivity index (χ0v) is 14.0. The highest BCUT2D eigenvalue weighted by Crippen LogP contribution is 2.10. The van der Waals surface area contributed by atoms with Crippen molar-refractivity contribution in [2.75, 3.05) is 31.1 Å². The number of H-pyrrole nitrogens is 1. The number of hydrogen-bond acceptors (Lipinski definition) is 4. The first-order chi connectivity index (χ1) is 11.7. The summed E-state index contributed by atoms with van der Waals surface area (Å²) < 4.78 is 5.14. The number of aromatic amines is 1. The Morgan fingerprint density at radius 3 is 2.71 bits per heavy atom. The van der Waals surface area contributed by atoms with Crippen molar-refractivity contribution in [1.29, 1.82) is 0 Å². The van der Waals surface area contributed by atoms with Gasteiger partial charge in [-0.15, -0.1) is 0 Å². The number of aromatic nitrogens is 1. The second kappa shape index (κ2) is 7.74. The second-order valence-electron chi connectivity index (χ2n) is 5.37. The predicted molar refractivity (Wildman–Crippen MR) is 95.3 cm³/mol. The van der Waals surface area contributed by atoms with Crippen LogP contribution in [0.15, 0.2) is 53.3 Å². The zero-order chi connectivity index (χ0) is 16.8. The second-order valence-corrected chi connectivity index (χ2v) is 5.75. The molecule has 6 nitrogen and oxygen atoms in total. The van der Waals surface area contributed by atoms with E-state index in [-0.39, 0.29) is 5.91 Å². The minimum Gasteiger partial charge on any atom is -0.465 e. The molecule has 0 bridgehead atoms. The normalized spacial score (nSPS) is 14.8. The van der Waals surface area contributed by atoms with Crippen molar-refractivity contribution < 1.29 is 14.2 Å². The molecule has 3 heterocycles. The van der Waals surface area contributed by atoms with E-state index in [0.717, 1.165) is 32.0 Å². The minimum atomic E-state index is -0.254. The lowest BCUT2D eigenvalue weighted by Crippen LogP contribution is -2.53. The van der Waals surface area contributed by atoms with Crippen LogP contribution in [-0.4, -0.2) is 42.1 Å². The summed E-state index contributed by atoms with van der Waals surface area (Å²) in [6.45, 7) is 3.23. The molecule has 0 atom stereocenters. The van der Waals surface area contributed by atoms with Crippen molar-refractivity contribution in [3.8, 4) is 0 Å². The fraction of sp³-hybridized carbons (Fsp3) is 0.235. The van der Waals surface area contributed by atoms with Crippen LogP contribution in [0.4, 0.5) is 5.82 Å². The van der Waals surface area contributed by atoms with Gasteiger partial charge in [0, 0.05) is 12.1 Å². The molecular weight excluding hydrogens is 324 g/mol. The number of furan rings is 1. The number of nitrogens with zero attached hydrogens (tertiary/aromatic N) is 2. The van der Waals surface area contributed by atoms with E-state index >= 15 is 0 Å². The van der Waals surface area contributed by atoms with Gasteiger partial charge in [-0.3, -0.25) is 15.0 Å². The molecule has 3 rings (SSSR count). The molecule has 0 aromatic carbocycles. The molecule has 0 aliphatic carbocycles. The summed E-state index contributed by atoms with van der Waals surface area (Å²) in [4.78, 5) is 19.4. The van der Waals surface area contributed by atoms with Crippen molar-refractivity contribution in [3.63, 3.8) is 0 Å². The van der Waals surface area contributed by atoms with Gasteiger partial charge in [0.15, 0.2) is 5.11 Å². The zero-order valence-electron chi connectivity index (χ0n) is 13.1. The van der Waals surface area contributed by atoms with Crippen molar-refractivity contribution in [2.24, 2.45) is 0 Å². The van der Waals surface area contributed by atoms with Crippen LogP contribution in [0.3, 0.4) is 0 Å². The molecule has 24 heavy (non-hydrogen) atoms. The topological polar surface area (TPSA) is 62.9 Å². The van der Waals surface area contributed by atoms with Gasteiger partial charge in [0.05, 0.1) is 25.5 Å². The maximum atomic E-state index is 11.9. The van der Waals surface area contributed by atoms with Gasteiger partial charge < -0.3 is 9.32 Å². The Morgan fingerprint density at radius 2 is 2.04 bits per heavy atom. The van der Waals surface area contributed by atoms with Gasteiger partial charge in [-0.25, -0.2) is 4.98 Å². The third-order valence-electron chi connectivity index (χ3n) is 3.77. The molecule has 1 amide bonds. The van der Waals surface area contributed by atoms with E-state index in [2.05, 4.69) is 21.3 Å². The average molecular weight is 343 g/mol. The smallest absolute Gasteiger partial charge is 0.274 e. The molecule has 124 valence electrons. The van der Waals surface area contributed by atoms with Crippen LogP contribution in [0.2, 0.25) is 0 Å². The van der Waals surface area contributed by atoms with Gasteiger partial charge >= 0.3 is 0 Å². The maximum absolute atomic E-state index is 11.9. The molecule has 2 aromatic rings. The van der Waals surface area contributed by atoms with Crippen LogP contribution in [0.5, 0.6) is 0 Å². The van der Waals surface area contributed by atoms with Gasteiger partial charge in [0.25, 0.3) is 5.82 Å². The lowest BCUT2D eigenvalue weighted by molar-refractivity contribution is -0.364. The maximum Gasteiger partial charge on any atom is 0.274 e. The summed E-state index contributed by atoms with van der Waals surface area (Å²) in [7, 11) is 0. The molecule has 1 aliphatic rings. The number of anilines is 1. The van der Waals surface area contributed by atoms with Gasteiger partial charge in [-0.2, -0.15) is 0 Å². The first-order valence-corrected chi connectivity index (χ1v) is 8.16. The number of piperazine rings is 1. The largest absolute Gasteiger partial charge is 0.465 e. The van der Waals surface area contributed by atoms with Gasteiger partial charge in [0.2, 0.25) is 5.91 Å². The standard InChI is InChI=1S/C17H18N4O2S/c22-16(7-6-14-4-3-13-23-14)19-17(24)21-11-9-20(10-12-21)15-5-1-2-8-18-15/h1-8,13H,9-12H2,(H,19,22,24)/p+1. The summed E-state index contributed by atoms with van der Waals surface area (Å²) in [6.07, 6.45) is 6.51. The number of pyridine rings is 1. The Bertz CT molecular complexity index is 707. The Hall–Kier alpha value is -2.67. The lowest BCUT2D eigenvalue weighted by atomic mass is 10.3. The number of thiocarbonyl (C=S) groups is 1. The fourth-order valence-corrected chi connectivity index (χ4v) is 2.78. The molecule has 1 fully saturated rings. The Morgan fingerprint density at radius 1 is 1.21 bits per heavy atom. The molecule has 2 N–H and O–H groups in total. The highest BCUT2D eigenvalue weighted by atomic mass is 32.1. The van der Waals surface area contributed by atoms with Crippen LogP contribution in [0.1, 0.15) is 5.76 Å². The number of carbonyl (C=O) groups is 1. The number of rotatable bonds is 3. The molecule has 1 aliphatic heterocycles. The summed E-state index contributed by atoms with van der Waals surface area (Å²) in [5.41, 5.74) is 0. The highest BCUT2D eigenvalue weighted by Gasteiger charge is 2.24. The summed E-state index contributed by atoms with van der Waals surface area (Å²) in [5.74, 6) is 1.47. The molecule has 7 heteroatoms. The van der Waals surface area contributed by atoms with Crippen LogP contribution < -0.4 is 15.2 Å².